The molecule has 3 amide bonds. The molecule has 0 aliphatic carbocycles. The number of alkyl halides is 2. The smallest absolute Gasteiger partial charge is 0.387 e. The molecule has 13 heteroatoms. The summed E-state index contributed by atoms with van der Waals surface area (Å²) >= 11 is 6.99. The number of hydrogen-bond donors (Lipinski definition) is 3. The lowest BCUT2D eigenvalue weighted by molar-refractivity contribution is -0.125. The van der Waals surface area contributed by atoms with Gasteiger partial charge in [0.1, 0.15) is 12.6 Å². The molecule has 0 unspecified atom stereocenters. The third-order valence-corrected chi connectivity index (χ3v) is 6.32. The van der Waals surface area contributed by atoms with E-state index < -0.39 is 24.5 Å². The zero-order valence-corrected chi connectivity index (χ0v) is 21.3. The summed E-state index contributed by atoms with van der Waals surface area (Å²) in [4.78, 5) is 39.4. The molecule has 0 spiro atoms. The van der Waals surface area contributed by atoms with Crippen LogP contribution in [0.3, 0.4) is 0 Å². The molecule has 1 aromatic heterocycles. The number of ether oxygens (including phenoxy) is 2. The summed E-state index contributed by atoms with van der Waals surface area (Å²) in [5.74, 6) is -1.36. The lowest BCUT2D eigenvalue weighted by Gasteiger charge is -2.27. The number of rotatable bonds is 11. The third-order valence-electron chi connectivity index (χ3n) is 5.09. The Balaban J connectivity index is 1.75. The van der Waals surface area contributed by atoms with Gasteiger partial charge >= 0.3 is 6.61 Å². The summed E-state index contributed by atoms with van der Waals surface area (Å²) in [5.41, 5.74) is 0.339. The Morgan fingerprint density at radius 1 is 1.22 bits per heavy atom. The van der Waals surface area contributed by atoms with Gasteiger partial charge < -0.3 is 30.3 Å². The Morgan fingerprint density at radius 3 is 2.64 bits per heavy atom. The van der Waals surface area contributed by atoms with Crippen LogP contribution in [-0.2, 0) is 14.3 Å². The fraction of sp³-hybridized carbons (Fsp3) is 0.435. The van der Waals surface area contributed by atoms with E-state index in [-0.39, 0.29) is 43.0 Å². The average molecular weight is 545 g/mol. The number of hydrogen-bond acceptors (Lipinski definition) is 7. The highest BCUT2D eigenvalue weighted by molar-refractivity contribution is 7.18. The number of nitrogens with one attached hydrogen (secondary N) is 3. The Kier molecular flexibility index (Phi) is 9.99. The summed E-state index contributed by atoms with van der Waals surface area (Å²) in [7, 11) is 0. The van der Waals surface area contributed by atoms with Crippen molar-refractivity contribution in [3.63, 3.8) is 0 Å². The zero-order valence-electron chi connectivity index (χ0n) is 19.7. The summed E-state index contributed by atoms with van der Waals surface area (Å²) in [5, 5.41) is 8.36. The Morgan fingerprint density at radius 2 is 2.00 bits per heavy atom. The molecule has 1 atom stereocenters. The van der Waals surface area contributed by atoms with Crippen LogP contribution in [0.1, 0.15) is 23.5 Å². The number of amides is 3. The van der Waals surface area contributed by atoms with Crippen LogP contribution >= 0.6 is 22.9 Å². The molecular weight excluding hydrogens is 518 g/mol. The molecule has 1 aliphatic heterocycles. The van der Waals surface area contributed by atoms with Gasteiger partial charge in [0.2, 0.25) is 5.91 Å². The van der Waals surface area contributed by atoms with Crippen molar-refractivity contribution >= 4 is 52.0 Å². The predicted octanol–water partition coefficient (Wildman–Crippen LogP) is 3.35. The minimum absolute atomic E-state index is 0.00234. The third kappa shape index (κ3) is 7.85. The first-order valence-corrected chi connectivity index (χ1v) is 12.4. The second-order valence-corrected chi connectivity index (χ2v) is 10.0. The molecular formula is C23H27ClF2N4O5S. The minimum atomic E-state index is -3.15. The summed E-state index contributed by atoms with van der Waals surface area (Å²) in [6, 6.07) is 6.49. The number of carbonyl (C=O) groups is 3. The van der Waals surface area contributed by atoms with Gasteiger partial charge in [-0.3, -0.25) is 14.4 Å². The Bertz CT molecular complexity index is 1080. The van der Waals surface area contributed by atoms with Crippen LogP contribution in [0, 0.1) is 5.92 Å². The maximum absolute atomic E-state index is 13.1. The lowest BCUT2D eigenvalue weighted by atomic mass is 10.1. The molecule has 2 heterocycles. The average Bonchev–Trinajstić information content (AvgIpc) is 3.26. The van der Waals surface area contributed by atoms with E-state index in [0.717, 1.165) is 11.3 Å². The number of benzene rings is 1. The van der Waals surface area contributed by atoms with Crippen molar-refractivity contribution in [2.24, 2.45) is 5.92 Å². The summed E-state index contributed by atoms with van der Waals surface area (Å²) in [6.45, 7) is 1.62. The highest BCUT2D eigenvalue weighted by atomic mass is 35.5. The van der Waals surface area contributed by atoms with Gasteiger partial charge in [0.05, 0.1) is 21.5 Å². The Labute approximate surface area is 216 Å². The minimum Gasteiger partial charge on any atom is -0.433 e. The monoisotopic (exact) mass is 544 g/mol. The van der Waals surface area contributed by atoms with Crippen LogP contribution in [0.2, 0.25) is 4.34 Å². The van der Waals surface area contributed by atoms with Gasteiger partial charge in [-0.05, 0) is 36.7 Å². The van der Waals surface area contributed by atoms with E-state index >= 15 is 0 Å². The van der Waals surface area contributed by atoms with E-state index in [1.807, 2.05) is 13.8 Å². The van der Waals surface area contributed by atoms with Gasteiger partial charge in [0.15, 0.2) is 5.75 Å². The van der Waals surface area contributed by atoms with E-state index in [9.17, 15) is 23.2 Å². The van der Waals surface area contributed by atoms with Crippen molar-refractivity contribution in [1.82, 2.24) is 10.6 Å². The molecule has 9 nitrogen and oxygen atoms in total. The van der Waals surface area contributed by atoms with Crippen LogP contribution in [0.4, 0.5) is 20.2 Å². The molecule has 1 fully saturated rings. The van der Waals surface area contributed by atoms with Gasteiger partial charge in [-0.2, -0.15) is 8.78 Å². The van der Waals surface area contributed by atoms with Crippen LogP contribution < -0.4 is 25.6 Å². The molecule has 0 radical (unpaired) electrons. The van der Waals surface area contributed by atoms with Crippen molar-refractivity contribution in [2.45, 2.75) is 26.5 Å². The zero-order chi connectivity index (χ0) is 26.2. The maximum Gasteiger partial charge on any atom is 0.387 e. The van der Waals surface area contributed by atoms with Gasteiger partial charge in [-0.1, -0.05) is 25.4 Å². The molecule has 1 aliphatic rings. The maximum atomic E-state index is 13.1. The normalized spacial score (nSPS) is 14.8. The second kappa shape index (κ2) is 12.9. The largest absolute Gasteiger partial charge is 0.433 e. The van der Waals surface area contributed by atoms with Crippen LogP contribution in [0.15, 0.2) is 30.3 Å². The molecule has 3 N–H and O–H groups in total. The topological polar surface area (TPSA) is 109 Å². The quantitative estimate of drug-likeness (QED) is 0.400. The highest BCUT2D eigenvalue weighted by Crippen LogP contribution is 2.32. The number of thiophene rings is 1. The van der Waals surface area contributed by atoms with Crippen LogP contribution in [0.25, 0.3) is 0 Å². The fourth-order valence-electron chi connectivity index (χ4n) is 3.34. The van der Waals surface area contributed by atoms with E-state index in [1.54, 1.807) is 12.1 Å². The van der Waals surface area contributed by atoms with E-state index in [2.05, 4.69) is 20.7 Å². The summed E-state index contributed by atoms with van der Waals surface area (Å²) in [6.07, 6.45) is 0. The molecule has 36 heavy (non-hydrogen) atoms. The van der Waals surface area contributed by atoms with E-state index in [4.69, 9.17) is 16.3 Å². The molecule has 3 rings (SSSR count). The summed E-state index contributed by atoms with van der Waals surface area (Å²) < 4.78 is 36.4. The first-order chi connectivity index (χ1) is 17.1. The number of halogens is 3. The van der Waals surface area contributed by atoms with Crippen LogP contribution in [0.5, 0.6) is 5.75 Å². The van der Waals surface area contributed by atoms with Gasteiger partial charge in [-0.25, -0.2) is 0 Å². The lowest BCUT2D eigenvalue weighted by Crippen LogP contribution is -2.49. The van der Waals surface area contributed by atoms with Gasteiger partial charge in [0, 0.05) is 24.8 Å². The van der Waals surface area contributed by atoms with Crippen molar-refractivity contribution in [3.05, 3.63) is 39.5 Å². The van der Waals surface area contributed by atoms with Gasteiger partial charge in [0.25, 0.3) is 11.8 Å². The number of nitrogens with zero attached hydrogens (tertiary/aromatic N) is 1. The number of carbonyl (C=O) groups excluding carboxylic acids is 3. The van der Waals surface area contributed by atoms with Crippen LogP contribution in [-0.4, -0.2) is 63.2 Å². The fourth-order valence-corrected chi connectivity index (χ4v) is 4.30. The molecule has 0 saturated carbocycles. The molecule has 2 aromatic rings. The first-order valence-electron chi connectivity index (χ1n) is 11.2. The van der Waals surface area contributed by atoms with Crippen molar-refractivity contribution in [1.29, 1.82) is 0 Å². The molecule has 196 valence electrons. The standard InChI is InChI=1S/C23H27ClF2N4O5S/c1-13(2)10-27-16(11-28-22(33)18-5-6-19(24)36-18)21(32)29-15-4-3-14(9-17(15)35-23(25)26)30-7-8-34-12-20(30)31/h3-6,9,13,16,23,27H,7-8,10-12H2,1-2H3,(H,28,33)(H,29,32)/t16-/m0/s1. The van der Waals surface area contributed by atoms with E-state index in [1.165, 1.54) is 23.1 Å². The predicted molar refractivity (Wildman–Crippen MR) is 133 cm³/mol. The molecule has 1 aromatic carbocycles. The molecule has 0 bridgehead atoms. The van der Waals surface area contributed by atoms with E-state index in [0.29, 0.717) is 28.1 Å². The SMILES string of the molecule is CC(C)CN[C@@H](CNC(=O)c1ccc(Cl)s1)C(=O)Nc1ccc(N2CCOCC2=O)cc1OC(F)F. The number of morpholine rings is 1. The van der Waals surface area contributed by atoms with Gasteiger partial charge in [-0.15, -0.1) is 11.3 Å². The Hall–Kier alpha value is -2.80. The van der Waals surface area contributed by atoms with Crippen molar-refractivity contribution < 1.29 is 32.6 Å². The van der Waals surface area contributed by atoms with Crippen molar-refractivity contribution in [3.8, 4) is 5.75 Å². The van der Waals surface area contributed by atoms with Crippen molar-refractivity contribution in [2.75, 3.05) is 43.1 Å². The molecule has 1 saturated heterocycles. The highest BCUT2D eigenvalue weighted by Gasteiger charge is 2.25. The second-order valence-electron chi connectivity index (χ2n) is 8.31. The first kappa shape index (κ1) is 27.8. The number of anilines is 2.